The molecule has 0 radical (unpaired) electrons. The zero-order valence-electron chi connectivity index (χ0n) is 11.0. The zero-order valence-corrected chi connectivity index (χ0v) is 14.1. The second kappa shape index (κ2) is 6.56. The van der Waals surface area contributed by atoms with Crippen LogP contribution in [-0.2, 0) is 0 Å². The van der Waals surface area contributed by atoms with Gasteiger partial charge in [0.25, 0.3) is 0 Å². The van der Waals surface area contributed by atoms with E-state index in [1.807, 2.05) is 6.07 Å². The van der Waals surface area contributed by atoms with Crippen molar-refractivity contribution in [3.8, 4) is 0 Å². The fraction of sp³-hybridized carbons (Fsp3) is 0.0714. The standard InChI is InChI=1S/C14H12BrCl2N3O/c1-20(13-5-2-8(15)6-11(13)18)14(21)19-12-7-9(16)3-4-10(12)17/h2-7H,18H2,1H3,(H,19,21). The molecule has 2 aromatic carbocycles. The number of anilines is 3. The van der Waals surface area contributed by atoms with Crippen molar-refractivity contribution < 1.29 is 4.79 Å². The van der Waals surface area contributed by atoms with E-state index in [2.05, 4.69) is 21.2 Å². The van der Waals surface area contributed by atoms with Crippen LogP contribution in [0.2, 0.25) is 10.0 Å². The number of carbonyl (C=O) groups excluding carboxylic acids is 1. The molecule has 21 heavy (non-hydrogen) atoms. The number of hydrogen-bond acceptors (Lipinski definition) is 2. The number of nitrogens with zero attached hydrogens (tertiary/aromatic N) is 1. The molecule has 0 spiro atoms. The molecule has 0 unspecified atom stereocenters. The van der Waals surface area contributed by atoms with Gasteiger partial charge in [-0.05, 0) is 36.4 Å². The summed E-state index contributed by atoms with van der Waals surface area (Å²) < 4.78 is 0.843. The number of halogens is 3. The van der Waals surface area contributed by atoms with Crippen molar-refractivity contribution in [3.05, 3.63) is 50.9 Å². The summed E-state index contributed by atoms with van der Waals surface area (Å²) in [6, 6.07) is 9.77. The minimum atomic E-state index is -0.367. The maximum atomic E-state index is 12.3. The van der Waals surface area contributed by atoms with E-state index < -0.39 is 0 Å². The lowest BCUT2D eigenvalue weighted by molar-refractivity contribution is 0.258. The minimum Gasteiger partial charge on any atom is -0.397 e. The van der Waals surface area contributed by atoms with Crippen molar-refractivity contribution in [1.82, 2.24) is 0 Å². The molecule has 4 nitrogen and oxygen atoms in total. The zero-order chi connectivity index (χ0) is 15.6. The molecule has 0 aliphatic heterocycles. The van der Waals surface area contributed by atoms with Crippen LogP contribution in [0.5, 0.6) is 0 Å². The van der Waals surface area contributed by atoms with E-state index in [0.717, 1.165) is 4.47 Å². The van der Waals surface area contributed by atoms with Gasteiger partial charge in [0.1, 0.15) is 0 Å². The molecule has 2 amide bonds. The first-order chi connectivity index (χ1) is 9.88. The van der Waals surface area contributed by atoms with Gasteiger partial charge in [-0.25, -0.2) is 4.79 Å². The number of benzene rings is 2. The Bertz CT molecular complexity index is 694. The first-order valence-corrected chi connectivity index (χ1v) is 7.48. The van der Waals surface area contributed by atoms with E-state index >= 15 is 0 Å². The van der Waals surface area contributed by atoms with E-state index in [1.165, 1.54) is 4.90 Å². The number of amides is 2. The summed E-state index contributed by atoms with van der Waals surface area (Å²) in [6.45, 7) is 0. The van der Waals surface area contributed by atoms with Crippen LogP contribution in [-0.4, -0.2) is 13.1 Å². The van der Waals surface area contributed by atoms with Gasteiger partial charge in [-0.15, -0.1) is 0 Å². The quantitative estimate of drug-likeness (QED) is 0.710. The predicted octanol–water partition coefficient (Wildman–Crippen LogP) is 5.01. The summed E-state index contributed by atoms with van der Waals surface area (Å²) in [4.78, 5) is 13.7. The van der Waals surface area contributed by atoms with Gasteiger partial charge >= 0.3 is 6.03 Å². The SMILES string of the molecule is CN(C(=O)Nc1cc(Cl)ccc1Cl)c1ccc(Br)cc1N. The van der Waals surface area contributed by atoms with Crippen molar-refractivity contribution >= 4 is 62.2 Å². The fourth-order valence-electron chi connectivity index (χ4n) is 1.73. The third kappa shape index (κ3) is 3.81. The number of nitrogens with two attached hydrogens (primary N) is 1. The summed E-state index contributed by atoms with van der Waals surface area (Å²) in [6.07, 6.45) is 0. The highest BCUT2D eigenvalue weighted by Crippen LogP contribution is 2.28. The van der Waals surface area contributed by atoms with Crippen molar-refractivity contribution in [2.24, 2.45) is 0 Å². The highest BCUT2D eigenvalue weighted by Gasteiger charge is 2.15. The van der Waals surface area contributed by atoms with E-state index in [1.54, 1.807) is 37.4 Å². The molecule has 0 aliphatic carbocycles. The van der Waals surface area contributed by atoms with Crippen molar-refractivity contribution in [2.75, 3.05) is 23.0 Å². The molecule has 0 fully saturated rings. The minimum absolute atomic E-state index is 0.367. The molecule has 7 heteroatoms. The number of urea groups is 1. The maximum Gasteiger partial charge on any atom is 0.326 e. The molecular formula is C14H12BrCl2N3O. The lowest BCUT2D eigenvalue weighted by Gasteiger charge is -2.20. The van der Waals surface area contributed by atoms with E-state index in [0.29, 0.717) is 27.1 Å². The van der Waals surface area contributed by atoms with Crippen LogP contribution in [0.3, 0.4) is 0 Å². The number of carbonyl (C=O) groups is 1. The molecule has 0 atom stereocenters. The molecule has 0 saturated carbocycles. The highest BCUT2D eigenvalue weighted by atomic mass is 79.9. The second-order valence-electron chi connectivity index (χ2n) is 4.32. The molecule has 0 bridgehead atoms. The van der Waals surface area contributed by atoms with Gasteiger partial charge in [0, 0.05) is 16.5 Å². The fourth-order valence-corrected chi connectivity index (χ4v) is 2.45. The van der Waals surface area contributed by atoms with Crippen LogP contribution < -0.4 is 16.0 Å². The lowest BCUT2D eigenvalue weighted by Crippen LogP contribution is -2.31. The average Bonchev–Trinajstić information content (AvgIpc) is 2.42. The van der Waals surface area contributed by atoms with Crippen LogP contribution in [0.15, 0.2) is 40.9 Å². The van der Waals surface area contributed by atoms with Crippen molar-refractivity contribution in [3.63, 3.8) is 0 Å². The van der Waals surface area contributed by atoms with Gasteiger partial charge in [0.2, 0.25) is 0 Å². The normalized spacial score (nSPS) is 10.3. The number of rotatable bonds is 2. The summed E-state index contributed by atoms with van der Waals surface area (Å²) in [5.41, 5.74) is 7.43. The predicted molar refractivity (Wildman–Crippen MR) is 92.4 cm³/mol. The van der Waals surface area contributed by atoms with Crippen molar-refractivity contribution in [1.29, 1.82) is 0 Å². The molecule has 2 aromatic rings. The Morgan fingerprint density at radius 1 is 1.24 bits per heavy atom. The number of hydrogen-bond donors (Lipinski definition) is 2. The van der Waals surface area contributed by atoms with Crippen LogP contribution >= 0.6 is 39.1 Å². The first-order valence-electron chi connectivity index (χ1n) is 5.93. The molecule has 0 saturated heterocycles. The number of nitrogens with one attached hydrogen (secondary N) is 1. The van der Waals surface area contributed by atoms with Crippen LogP contribution in [0.4, 0.5) is 21.9 Å². The Morgan fingerprint density at radius 2 is 1.95 bits per heavy atom. The highest BCUT2D eigenvalue weighted by molar-refractivity contribution is 9.10. The summed E-state index contributed by atoms with van der Waals surface area (Å²) >= 11 is 15.2. The third-order valence-electron chi connectivity index (χ3n) is 2.83. The molecule has 0 heterocycles. The number of nitrogen functional groups attached to an aromatic ring is 1. The van der Waals surface area contributed by atoms with E-state index in [4.69, 9.17) is 28.9 Å². The van der Waals surface area contributed by atoms with Crippen LogP contribution in [0, 0.1) is 0 Å². The molecule has 3 N–H and O–H groups in total. The van der Waals surface area contributed by atoms with Crippen LogP contribution in [0.25, 0.3) is 0 Å². The van der Waals surface area contributed by atoms with Gasteiger partial charge in [-0.1, -0.05) is 39.1 Å². The maximum absolute atomic E-state index is 12.3. The molecule has 2 rings (SSSR count). The van der Waals surface area contributed by atoms with Gasteiger partial charge < -0.3 is 11.1 Å². The van der Waals surface area contributed by atoms with Crippen molar-refractivity contribution in [2.45, 2.75) is 0 Å². The summed E-state index contributed by atoms with van der Waals surface area (Å²) in [5.74, 6) is 0. The lowest BCUT2D eigenvalue weighted by atomic mass is 10.2. The summed E-state index contributed by atoms with van der Waals surface area (Å²) in [5, 5.41) is 3.59. The Morgan fingerprint density at radius 3 is 2.62 bits per heavy atom. The van der Waals surface area contributed by atoms with Gasteiger partial charge in [0.15, 0.2) is 0 Å². The summed E-state index contributed by atoms with van der Waals surface area (Å²) in [7, 11) is 1.62. The first kappa shape index (κ1) is 15.9. The Balaban J connectivity index is 2.21. The van der Waals surface area contributed by atoms with Crippen LogP contribution in [0.1, 0.15) is 0 Å². The smallest absolute Gasteiger partial charge is 0.326 e. The van der Waals surface area contributed by atoms with Gasteiger partial charge in [0.05, 0.1) is 22.1 Å². The average molecular weight is 389 g/mol. The molecule has 110 valence electrons. The second-order valence-corrected chi connectivity index (χ2v) is 6.08. The Labute approximate surface area is 141 Å². The van der Waals surface area contributed by atoms with E-state index in [9.17, 15) is 4.79 Å². The molecule has 0 aromatic heterocycles. The topological polar surface area (TPSA) is 58.4 Å². The van der Waals surface area contributed by atoms with Gasteiger partial charge in [-0.2, -0.15) is 0 Å². The van der Waals surface area contributed by atoms with Gasteiger partial charge in [-0.3, -0.25) is 4.90 Å². The molecule has 0 aliphatic rings. The Hall–Kier alpha value is -1.43. The van der Waals surface area contributed by atoms with E-state index in [-0.39, 0.29) is 6.03 Å². The molecular weight excluding hydrogens is 377 g/mol. The third-order valence-corrected chi connectivity index (χ3v) is 3.88. The Kier molecular flexibility index (Phi) is 4.98. The monoisotopic (exact) mass is 387 g/mol. The largest absolute Gasteiger partial charge is 0.397 e.